The zero-order chi connectivity index (χ0) is 20.8. The van der Waals surface area contributed by atoms with Crippen LogP contribution in [0.3, 0.4) is 0 Å². The van der Waals surface area contributed by atoms with Gasteiger partial charge in [-0.2, -0.15) is 0 Å². The first-order chi connectivity index (χ1) is 14.0. The molecule has 0 aliphatic carbocycles. The fourth-order valence-electron chi connectivity index (χ4n) is 3.12. The Morgan fingerprint density at radius 1 is 1.10 bits per heavy atom. The Hall–Kier alpha value is -2.92. The summed E-state index contributed by atoms with van der Waals surface area (Å²) < 4.78 is 1.42. The van der Waals surface area contributed by atoms with Crippen LogP contribution in [0.2, 0.25) is 5.02 Å². The van der Waals surface area contributed by atoms with Crippen LogP contribution in [0.15, 0.2) is 59.4 Å². The van der Waals surface area contributed by atoms with E-state index in [2.05, 4.69) is 22.4 Å². The van der Waals surface area contributed by atoms with Crippen LogP contribution in [0.4, 0.5) is 0 Å². The number of rotatable bonds is 7. The second-order valence-corrected chi connectivity index (χ2v) is 7.42. The monoisotopic (exact) mass is 409 g/mol. The van der Waals surface area contributed by atoms with Gasteiger partial charge in [-0.25, -0.2) is 4.98 Å². The van der Waals surface area contributed by atoms with Crippen LogP contribution in [0.25, 0.3) is 11.4 Å². The summed E-state index contributed by atoms with van der Waals surface area (Å²) in [5, 5.41) is 3.45. The highest BCUT2D eigenvalue weighted by Crippen LogP contribution is 2.21. The van der Waals surface area contributed by atoms with Gasteiger partial charge in [-0.15, -0.1) is 0 Å². The highest BCUT2D eigenvalue weighted by atomic mass is 35.5. The molecule has 0 spiro atoms. The van der Waals surface area contributed by atoms with E-state index in [1.165, 1.54) is 10.1 Å². The number of aromatic nitrogens is 2. The van der Waals surface area contributed by atoms with Gasteiger partial charge < -0.3 is 5.32 Å². The number of benzene rings is 2. The molecule has 0 bridgehead atoms. The second-order valence-electron chi connectivity index (χ2n) is 6.99. The minimum absolute atomic E-state index is 0.0832. The number of amides is 1. The van der Waals surface area contributed by atoms with Crippen LogP contribution >= 0.6 is 11.6 Å². The lowest BCUT2D eigenvalue weighted by Crippen LogP contribution is -2.35. The summed E-state index contributed by atoms with van der Waals surface area (Å²) in [5.74, 6) is 0.230. The highest BCUT2D eigenvalue weighted by molar-refractivity contribution is 6.30. The van der Waals surface area contributed by atoms with E-state index in [0.717, 1.165) is 12.8 Å². The van der Waals surface area contributed by atoms with Crippen molar-refractivity contribution in [2.45, 2.75) is 33.2 Å². The lowest BCUT2D eigenvalue weighted by molar-refractivity contribution is -0.121. The number of halogens is 1. The Balaban J connectivity index is 1.73. The molecule has 0 fully saturated rings. The molecule has 2 aromatic carbocycles. The van der Waals surface area contributed by atoms with E-state index < -0.39 is 0 Å². The number of hydrogen-bond acceptors (Lipinski definition) is 3. The van der Waals surface area contributed by atoms with Gasteiger partial charge in [0.25, 0.3) is 5.56 Å². The lowest BCUT2D eigenvalue weighted by atomic mass is 10.1. The predicted octanol–water partition coefficient (Wildman–Crippen LogP) is 3.93. The van der Waals surface area contributed by atoms with E-state index in [4.69, 9.17) is 11.6 Å². The molecule has 0 unspecified atom stereocenters. The van der Waals surface area contributed by atoms with Crippen molar-refractivity contribution in [2.24, 2.45) is 0 Å². The Bertz CT molecular complexity index is 1060. The van der Waals surface area contributed by atoms with Crippen molar-refractivity contribution in [2.75, 3.05) is 6.54 Å². The van der Waals surface area contributed by atoms with Crippen molar-refractivity contribution in [3.05, 3.63) is 86.8 Å². The predicted molar refractivity (Wildman–Crippen MR) is 116 cm³/mol. The molecule has 1 N–H and O–H groups in total. The van der Waals surface area contributed by atoms with Gasteiger partial charge in [0.05, 0.1) is 0 Å². The van der Waals surface area contributed by atoms with Crippen molar-refractivity contribution in [1.82, 2.24) is 14.9 Å². The molecule has 1 heterocycles. The Morgan fingerprint density at radius 2 is 1.86 bits per heavy atom. The standard InChI is InChI=1S/C23H24ClN3O2/c1-16-17(2)26-22(19-11-6-12-20(24)14-19)27(23(16)29)15-21(28)25-13-7-10-18-8-4-3-5-9-18/h3-6,8-9,11-12,14H,7,10,13,15H2,1-2H3,(H,25,28). The maximum absolute atomic E-state index is 12.8. The maximum Gasteiger partial charge on any atom is 0.257 e. The van der Waals surface area contributed by atoms with Gasteiger partial charge in [0.15, 0.2) is 0 Å². The molecule has 5 nitrogen and oxygen atoms in total. The molecule has 0 saturated carbocycles. The van der Waals surface area contributed by atoms with Gasteiger partial charge in [0.2, 0.25) is 5.91 Å². The van der Waals surface area contributed by atoms with E-state index >= 15 is 0 Å². The summed E-state index contributed by atoms with van der Waals surface area (Å²) in [6.07, 6.45) is 1.72. The summed E-state index contributed by atoms with van der Waals surface area (Å²) in [6, 6.07) is 17.3. The summed E-state index contributed by atoms with van der Waals surface area (Å²) >= 11 is 6.10. The molecule has 0 radical (unpaired) electrons. The summed E-state index contributed by atoms with van der Waals surface area (Å²) in [4.78, 5) is 29.9. The summed E-state index contributed by atoms with van der Waals surface area (Å²) in [5.41, 5.74) is 2.90. The maximum atomic E-state index is 12.8. The molecule has 3 rings (SSSR count). The zero-order valence-corrected chi connectivity index (χ0v) is 17.4. The average molecular weight is 410 g/mol. The second kappa shape index (κ2) is 9.52. The minimum Gasteiger partial charge on any atom is -0.355 e. The molecule has 0 aliphatic heterocycles. The molecular formula is C23H24ClN3O2. The summed E-state index contributed by atoms with van der Waals surface area (Å²) in [7, 11) is 0. The molecule has 1 aromatic heterocycles. The van der Waals surface area contributed by atoms with Gasteiger partial charge in [-0.3, -0.25) is 14.2 Å². The number of aryl methyl sites for hydroxylation is 2. The molecule has 0 atom stereocenters. The molecule has 6 heteroatoms. The molecule has 1 amide bonds. The largest absolute Gasteiger partial charge is 0.355 e. The van der Waals surface area contributed by atoms with Gasteiger partial charge in [0.1, 0.15) is 12.4 Å². The molecule has 0 saturated heterocycles. The van der Waals surface area contributed by atoms with Gasteiger partial charge in [-0.1, -0.05) is 54.1 Å². The Morgan fingerprint density at radius 3 is 2.59 bits per heavy atom. The van der Waals surface area contributed by atoms with E-state index in [1.807, 2.05) is 24.3 Å². The van der Waals surface area contributed by atoms with E-state index in [9.17, 15) is 9.59 Å². The van der Waals surface area contributed by atoms with Crippen molar-refractivity contribution >= 4 is 17.5 Å². The van der Waals surface area contributed by atoms with E-state index in [-0.39, 0.29) is 18.0 Å². The number of nitrogens with one attached hydrogen (secondary N) is 1. The number of carbonyl (C=O) groups excluding carboxylic acids is 1. The minimum atomic E-state index is -0.216. The van der Waals surface area contributed by atoms with Crippen molar-refractivity contribution < 1.29 is 4.79 Å². The Labute approximate surface area is 175 Å². The summed E-state index contributed by atoms with van der Waals surface area (Å²) in [6.45, 7) is 3.98. The third kappa shape index (κ3) is 5.33. The average Bonchev–Trinajstić information content (AvgIpc) is 2.72. The van der Waals surface area contributed by atoms with Gasteiger partial charge in [0, 0.05) is 28.4 Å². The first-order valence-corrected chi connectivity index (χ1v) is 9.98. The third-order valence-electron chi connectivity index (χ3n) is 4.83. The van der Waals surface area contributed by atoms with Crippen LogP contribution < -0.4 is 10.9 Å². The van der Waals surface area contributed by atoms with Crippen LogP contribution in [-0.4, -0.2) is 22.0 Å². The van der Waals surface area contributed by atoms with Gasteiger partial charge in [-0.05, 0) is 44.4 Å². The molecule has 150 valence electrons. The van der Waals surface area contributed by atoms with Crippen LogP contribution in [-0.2, 0) is 17.8 Å². The van der Waals surface area contributed by atoms with Crippen LogP contribution in [0, 0.1) is 13.8 Å². The van der Waals surface area contributed by atoms with E-state index in [0.29, 0.717) is 34.2 Å². The SMILES string of the molecule is Cc1nc(-c2cccc(Cl)c2)n(CC(=O)NCCCc2ccccc2)c(=O)c1C. The van der Waals surface area contributed by atoms with Crippen molar-refractivity contribution in [1.29, 1.82) is 0 Å². The smallest absolute Gasteiger partial charge is 0.257 e. The van der Waals surface area contributed by atoms with E-state index in [1.54, 1.807) is 32.0 Å². The zero-order valence-electron chi connectivity index (χ0n) is 16.6. The van der Waals surface area contributed by atoms with Crippen molar-refractivity contribution in [3.63, 3.8) is 0 Å². The quantitative estimate of drug-likeness (QED) is 0.601. The number of hydrogen-bond donors (Lipinski definition) is 1. The molecule has 3 aromatic rings. The number of nitrogens with zero attached hydrogens (tertiary/aromatic N) is 2. The first kappa shape index (κ1) is 20.8. The fourth-order valence-corrected chi connectivity index (χ4v) is 3.31. The topological polar surface area (TPSA) is 64.0 Å². The molecule has 0 aliphatic rings. The normalized spacial score (nSPS) is 10.7. The Kier molecular flexibility index (Phi) is 6.83. The lowest BCUT2D eigenvalue weighted by Gasteiger charge is -2.15. The third-order valence-corrected chi connectivity index (χ3v) is 5.06. The molecular weight excluding hydrogens is 386 g/mol. The van der Waals surface area contributed by atoms with Gasteiger partial charge >= 0.3 is 0 Å². The van der Waals surface area contributed by atoms with Crippen LogP contribution in [0.5, 0.6) is 0 Å². The number of carbonyl (C=O) groups is 1. The molecule has 29 heavy (non-hydrogen) atoms. The highest BCUT2D eigenvalue weighted by Gasteiger charge is 2.16. The van der Waals surface area contributed by atoms with Crippen LogP contribution in [0.1, 0.15) is 23.2 Å². The first-order valence-electron chi connectivity index (χ1n) is 9.60. The fraction of sp³-hybridized carbons (Fsp3) is 0.261. The van der Waals surface area contributed by atoms with Crippen molar-refractivity contribution in [3.8, 4) is 11.4 Å².